The summed E-state index contributed by atoms with van der Waals surface area (Å²) in [6, 6.07) is 7.79. The number of carbonyl (C=O) groups excluding carboxylic acids is 3. The first-order valence-electron chi connectivity index (χ1n) is 8.04. The van der Waals surface area contributed by atoms with E-state index in [2.05, 4.69) is 10.3 Å². The van der Waals surface area contributed by atoms with Crippen molar-refractivity contribution >= 4 is 28.7 Å². The molecule has 25 heavy (non-hydrogen) atoms. The molecule has 0 saturated heterocycles. The molecule has 0 radical (unpaired) electrons. The van der Waals surface area contributed by atoms with Crippen LogP contribution in [0.1, 0.15) is 30.6 Å². The Hall–Kier alpha value is -2.96. The maximum atomic E-state index is 12.6. The number of esters is 1. The Morgan fingerprint density at radius 2 is 1.96 bits per heavy atom. The fourth-order valence-electron chi connectivity index (χ4n) is 2.51. The molecule has 2 rings (SSSR count). The third kappa shape index (κ3) is 4.53. The van der Waals surface area contributed by atoms with Gasteiger partial charge in [0.15, 0.2) is 0 Å². The standard InChI is InChI=1S/C18H21N3O4/c1-3-25-18(24)11(2)10-15(16(19)22)21-17(23)13-8-9-20-14-7-5-4-6-12(13)14/h4-9,11,15H,3,10H2,1-2H3,(H2,19,22)(H,21,23)/t11-,15-/m1/s1. The Balaban J connectivity index is 2.17. The topological polar surface area (TPSA) is 111 Å². The number of amides is 2. The summed E-state index contributed by atoms with van der Waals surface area (Å²) in [6.07, 6.45) is 1.60. The summed E-state index contributed by atoms with van der Waals surface area (Å²) in [5.74, 6) is -2.15. The smallest absolute Gasteiger partial charge is 0.308 e. The first-order valence-corrected chi connectivity index (χ1v) is 8.04. The van der Waals surface area contributed by atoms with Gasteiger partial charge in [-0.05, 0) is 25.5 Å². The average Bonchev–Trinajstić information content (AvgIpc) is 2.60. The van der Waals surface area contributed by atoms with Gasteiger partial charge in [0.05, 0.1) is 23.6 Å². The van der Waals surface area contributed by atoms with Gasteiger partial charge in [0.25, 0.3) is 5.91 Å². The van der Waals surface area contributed by atoms with Gasteiger partial charge in [-0.25, -0.2) is 0 Å². The van der Waals surface area contributed by atoms with E-state index < -0.39 is 29.7 Å². The highest BCUT2D eigenvalue weighted by molar-refractivity contribution is 6.07. The molecule has 1 aromatic heterocycles. The van der Waals surface area contributed by atoms with Crippen molar-refractivity contribution in [2.24, 2.45) is 11.7 Å². The van der Waals surface area contributed by atoms with Gasteiger partial charge in [-0.3, -0.25) is 19.4 Å². The average molecular weight is 343 g/mol. The third-order valence-electron chi connectivity index (χ3n) is 3.82. The molecule has 2 aromatic rings. The number of nitrogens with one attached hydrogen (secondary N) is 1. The van der Waals surface area contributed by atoms with Crippen molar-refractivity contribution in [3.63, 3.8) is 0 Å². The number of carbonyl (C=O) groups is 3. The molecule has 7 nitrogen and oxygen atoms in total. The van der Waals surface area contributed by atoms with Crippen LogP contribution in [0.25, 0.3) is 10.9 Å². The molecule has 0 fully saturated rings. The Labute approximate surface area is 145 Å². The normalized spacial score (nSPS) is 13.0. The van der Waals surface area contributed by atoms with E-state index in [-0.39, 0.29) is 13.0 Å². The predicted octanol–water partition coefficient (Wildman–Crippen LogP) is 1.41. The quantitative estimate of drug-likeness (QED) is 0.738. The Kier molecular flexibility index (Phi) is 6.05. The zero-order chi connectivity index (χ0) is 18.4. The van der Waals surface area contributed by atoms with Gasteiger partial charge in [-0.15, -0.1) is 0 Å². The highest BCUT2D eigenvalue weighted by Gasteiger charge is 2.26. The van der Waals surface area contributed by atoms with E-state index in [1.165, 1.54) is 6.20 Å². The minimum atomic E-state index is -0.973. The summed E-state index contributed by atoms with van der Waals surface area (Å²) in [6.45, 7) is 3.58. The molecule has 0 unspecified atom stereocenters. The second-order valence-electron chi connectivity index (χ2n) is 5.69. The number of ether oxygens (including phenoxy) is 1. The van der Waals surface area contributed by atoms with Gasteiger partial charge in [0.1, 0.15) is 6.04 Å². The van der Waals surface area contributed by atoms with E-state index in [1.807, 2.05) is 6.07 Å². The maximum Gasteiger partial charge on any atom is 0.308 e. The van der Waals surface area contributed by atoms with Gasteiger partial charge in [0.2, 0.25) is 5.91 Å². The molecule has 3 N–H and O–H groups in total. The number of primary amides is 1. The van der Waals surface area contributed by atoms with Crippen LogP contribution in [0.15, 0.2) is 36.5 Å². The molecule has 0 aliphatic rings. The van der Waals surface area contributed by atoms with Crippen LogP contribution >= 0.6 is 0 Å². The number of aromatic nitrogens is 1. The summed E-state index contributed by atoms with van der Waals surface area (Å²) in [5.41, 5.74) is 6.44. The molecule has 0 spiro atoms. The van der Waals surface area contributed by atoms with Crippen molar-refractivity contribution in [2.75, 3.05) is 6.61 Å². The molecule has 2 atom stereocenters. The number of rotatable bonds is 7. The summed E-state index contributed by atoms with van der Waals surface area (Å²) in [5, 5.41) is 3.27. The molecular weight excluding hydrogens is 322 g/mol. The van der Waals surface area contributed by atoms with Crippen molar-refractivity contribution in [1.29, 1.82) is 0 Å². The minimum Gasteiger partial charge on any atom is -0.466 e. The van der Waals surface area contributed by atoms with Crippen molar-refractivity contribution in [1.82, 2.24) is 10.3 Å². The lowest BCUT2D eigenvalue weighted by Crippen LogP contribution is -2.46. The molecular formula is C18H21N3O4. The van der Waals surface area contributed by atoms with Crippen molar-refractivity contribution in [2.45, 2.75) is 26.3 Å². The van der Waals surface area contributed by atoms with Crippen LogP contribution < -0.4 is 11.1 Å². The van der Waals surface area contributed by atoms with Crippen molar-refractivity contribution in [3.8, 4) is 0 Å². The lowest BCUT2D eigenvalue weighted by atomic mass is 10.0. The number of nitrogens with two attached hydrogens (primary N) is 1. The number of pyridine rings is 1. The fraction of sp³-hybridized carbons (Fsp3) is 0.333. The van der Waals surface area contributed by atoms with Gasteiger partial charge in [0, 0.05) is 11.6 Å². The van der Waals surface area contributed by atoms with E-state index in [9.17, 15) is 14.4 Å². The summed E-state index contributed by atoms with van der Waals surface area (Å²) >= 11 is 0. The number of nitrogens with zero attached hydrogens (tertiary/aromatic N) is 1. The number of para-hydroxylation sites is 1. The maximum absolute atomic E-state index is 12.6. The van der Waals surface area contributed by atoms with E-state index >= 15 is 0 Å². The van der Waals surface area contributed by atoms with Gasteiger partial charge < -0.3 is 15.8 Å². The van der Waals surface area contributed by atoms with Crippen LogP contribution in [0.5, 0.6) is 0 Å². The zero-order valence-corrected chi connectivity index (χ0v) is 14.2. The second-order valence-corrected chi connectivity index (χ2v) is 5.69. The molecule has 7 heteroatoms. The number of hydrogen-bond donors (Lipinski definition) is 2. The Morgan fingerprint density at radius 3 is 2.64 bits per heavy atom. The SMILES string of the molecule is CCOC(=O)[C@H](C)C[C@@H](NC(=O)c1ccnc2ccccc12)C(N)=O. The van der Waals surface area contributed by atoms with Crippen molar-refractivity contribution < 1.29 is 19.1 Å². The van der Waals surface area contributed by atoms with Crippen LogP contribution in [-0.2, 0) is 14.3 Å². The van der Waals surface area contributed by atoms with E-state index in [0.29, 0.717) is 16.5 Å². The largest absolute Gasteiger partial charge is 0.466 e. The molecule has 1 aromatic carbocycles. The van der Waals surface area contributed by atoms with Crippen LogP contribution in [0, 0.1) is 5.92 Å². The molecule has 0 aliphatic heterocycles. The molecule has 0 bridgehead atoms. The van der Waals surface area contributed by atoms with Gasteiger partial charge in [-0.1, -0.05) is 25.1 Å². The molecule has 0 saturated carbocycles. The minimum absolute atomic E-state index is 0.0723. The number of benzene rings is 1. The first kappa shape index (κ1) is 18.4. The monoisotopic (exact) mass is 343 g/mol. The lowest BCUT2D eigenvalue weighted by molar-refractivity contribution is -0.147. The highest BCUT2D eigenvalue weighted by atomic mass is 16.5. The van der Waals surface area contributed by atoms with Crippen molar-refractivity contribution in [3.05, 3.63) is 42.1 Å². The van der Waals surface area contributed by atoms with E-state index in [0.717, 1.165) is 0 Å². The summed E-state index contributed by atoms with van der Waals surface area (Å²) in [7, 11) is 0. The Bertz CT molecular complexity index is 785. The number of fused-ring (bicyclic) bond motifs is 1. The number of hydrogen-bond acceptors (Lipinski definition) is 5. The van der Waals surface area contributed by atoms with Gasteiger partial charge in [-0.2, -0.15) is 0 Å². The zero-order valence-electron chi connectivity index (χ0n) is 14.2. The summed E-state index contributed by atoms with van der Waals surface area (Å²) < 4.78 is 4.92. The fourth-order valence-corrected chi connectivity index (χ4v) is 2.51. The molecule has 0 aliphatic carbocycles. The lowest BCUT2D eigenvalue weighted by Gasteiger charge is -2.19. The third-order valence-corrected chi connectivity index (χ3v) is 3.82. The molecule has 2 amide bonds. The van der Waals surface area contributed by atoms with Crippen LogP contribution in [-0.4, -0.2) is 35.4 Å². The summed E-state index contributed by atoms with van der Waals surface area (Å²) in [4.78, 5) is 40.2. The van der Waals surface area contributed by atoms with Gasteiger partial charge >= 0.3 is 5.97 Å². The Morgan fingerprint density at radius 1 is 1.24 bits per heavy atom. The van der Waals surface area contributed by atoms with E-state index in [1.54, 1.807) is 38.1 Å². The second kappa shape index (κ2) is 8.23. The highest BCUT2D eigenvalue weighted by Crippen LogP contribution is 2.17. The molecule has 1 heterocycles. The van der Waals surface area contributed by atoms with Crippen LogP contribution in [0.2, 0.25) is 0 Å². The van der Waals surface area contributed by atoms with Crippen LogP contribution in [0.3, 0.4) is 0 Å². The first-order chi connectivity index (χ1) is 11.9. The van der Waals surface area contributed by atoms with E-state index in [4.69, 9.17) is 10.5 Å². The van der Waals surface area contributed by atoms with Crippen LogP contribution in [0.4, 0.5) is 0 Å². The molecule has 132 valence electrons. The predicted molar refractivity (Wildman–Crippen MR) is 92.6 cm³/mol.